The first-order valence-corrected chi connectivity index (χ1v) is 9.75. The number of rotatable bonds is 4. The van der Waals surface area contributed by atoms with Gasteiger partial charge in [-0.3, -0.25) is 9.88 Å². The highest BCUT2D eigenvalue weighted by Crippen LogP contribution is 2.48. The molecule has 0 saturated carbocycles. The molecular weight excluding hydrogens is 414 g/mol. The van der Waals surface area contributed by atoms with Crippen molar-refractivity contribution < 1.29 is 23.8 Å². The molecule has 10 heteroatoms. The van der Waals surface area contributed by atoms with Crippen LogP contribution in [0.25, 0.3) is 21.8 Å². The highest BCUT2D eigenvalue weighted by Gasteiger charge is 2.30. The van der Waals surface area contributed by atoms with Gasteiger partial charge in [0.05, 0.1) is 28.9 Å². The Morgan fingerprint density at radius 1 is 1.12 bits per heavy atom. The van der Waals surface area contributed by atoms with Crippen molar-refractivity contribution in [1.29, 1.82) is 0 Å². The lowest BCUT2D eigenvalue weighted by Crippen LogP contribution is -2.32. The van der Waals surface area contributed by atoms with E-state index in [1.165, 1.54) is 17.4 Å². The fourth-order valence-corrected chi connectivity index (χ4v) is 3.63. The molecule has 0 bridgehead atoms. The second kappa shape index (κ2) is 7.65. The molecule has 2 N–H and O–H groups in total. The van der Waals surface area contributed by atoms with E-state index in [1.54, 1.807) is 43.5 Å². The number of anilines is 2. The van der Waals surface area contributed by atoms with Crippen LogP contribution in [0.1, 0.15) is 17.3 Å². The maximum Gasteiger partial charge on any atom is 0.339 e. The summed E-state index contributed by atoms with van der Waals surface area (Å²) in [6.45, 7) is 1.94. The number of esters is 1. The van der Waals surface area contributed by atoms with Gasteiger partial charge in [0.25, 0.3) is 0 Å². The molecule has 0 fully saturated rings. The van der Waals surface area contributed by atoms with Crippen molar-refractivity contribution in [3.63, 3.8) is 0 Å². The Labute approximate surface area is 181 Å². The maximum absolute atomic E-state index is 12.7. The molecule has 1 aliphatic rings. The fourth-order valence-electron chi connectivity index (χ4n) is 3.63. The standard InChI is InChI=1S/C22H17N5O5/c1-2-30-21(28)14-5-12-7-17-20(32-11-31-17)19(18(12)25-9-14)27(22(23)29)15-3-4-16-13(6-15)8-24-10-26-16/h3-10H,2,11H2,1H3,(H2,23,29). The summed E-state index contributed by atoms with van der Waals surface area (Å²) in [4.78, 5) is 38.8. The quantitative estimate of drug-likeness (QED) is 0.487. The van der Waals surface area contributed by atoms with E-state index in [4.69, 9.17) is 19.9 Å². The largest absolute Gasteiger partial charge is 0.462 e. The van der Waals surface area contributed by atoms with Gasteiger partial charge in [-0.2, -0.15) is 0 Å². The first-order chi connectivity index (χ1) is 15.6. The monoisotopic (exact) mass is 431 g/mol. The van der Waals surface area contributed by atoms with E-state index in [0.717, 1.165) is 5.39 Å². The highest BCUT2D eigenvalue weighted by atomic mass is 16.7. The number of hydrogen-bond acceptors (Lipinski definition) is 8. The van der Waals surface area contributed by atoms with Crippen molar-refractivity contribution >= 4 is 45.2 Å². The molecule has 0 saturated heterocycles. The Balaban J connectivity index is 1.74. The van der Waals surface area contributed by atoms with Crippen LogP contribution in [-0.4, -0.2) is 40.4 Å². The van der Waals surface area contributed by atoms with Gasteiger partial charge in [-0.1, -0.05) is 0 Å². The molecule has 0 aliphatic carbocycles. The number of urea groups is 1. The van der Waals surface area contributed by atoms with Crippen LogP contribution in [0, 0.1) is 0 Å². The van der Waals surface area contributed by atoms with Gasteiger partial charge in [0.2, 0.25) is 6.79 Å². The van der Waals surface area contributed by atoms with Crippen LogP contribution in [0.4, 0.5) is 16.2 Å². The van der Waals surface area contributed by atoms with Crippen molar-refractivity contribution in [3.8, 4) is 11.5 Å². The van der Waals surface area contributed by atoms with E-state index in [2.05, 4.69) is 15.0 Å². The number of aromatic nitrogens is 3. The topological polar surface area (TPSA) is 130 Å². The molecule has 0 unspecified atom stereocenters. The van der Waals surface area contributed by atoms with Crippen LogP contribution < -0.4 is 20.1 Å². The number of nitrogens with zero attached hydrogens (tertiary/aromatic N) is 4. The zero-order valence-corrected chi connectivity index (χ0v) is 16.9. The van der Waals surface area contributed by atoms with E-state index >= 15 is 0 Å². The zero-order valence-electron chi connectivity index (χ0n) is 16.9. The molecule has 160 valence electrons. The van der Waals surface area contributed by atoms with Gasteiger partial charge in [0.15, 0.2) is 11.5 Å². The van der Waals surface area contributed by atoms with Crippen molar-refractivity contribution in [2.45, 2.75) is 6.92 Å². The smallest absolute Gasteiger partial charge is 0.339 e. The number of carbonyl (C=O) groups is 2. The summed E-state index contributed by atoms with van der Waals surface area (Å²) >= 11 is 0. The number of ether oxygens (including phenoxy) is 3. The Hall–Kier alpha value is -4.47. The van der Waals surface area contributed by atoms with Gasteiger partial charge in [-0.05, 0) is 37.3 Å². The highest BCUT2D eigenvalue weighted by molar-refractivity contribution is 6.10. The van der Waals surface area contributed by atoms with Gasteiger partial charge in [0.1, 0.15) is 12.0 Å². The first-order valence-electron chi connectivity index (χ1n) is 9.75. The molecule has 2 amide bonds. The minimum Gasteiger partial charge on any atom is -0.462 e. The molecule has 5 rings (SSSR count). The minimum atomic E-state index is -0.748. The molecule has 2 aromatic heterocycles. The molecule has 0 spiro atoms. The van der Waals surface area contributed by atoms with Crippen molar-refractivity contribution in [3.05, 3.63) is 54.6 Å². The predicted octanol–water partition coefficient (Wildman–Crippen LogP) is 3.30. The Kier molecular flexibility index (Phi) is 4.66. The SMILES string of the molecule is CCOC(=O)c1cnc2c(N(C(N)=O)c3ccc4ncncc4c3)c3c(cc2c1)OCO3. The molecule has 10 nitrogen and oxygen atoms in total. The van der Waals surface area contributed by atoms with Crippen LogP contribution >= 0.6 is 0 Å². The van der Waals surface area contributed by atoms with Gasteiger partial charge < -0.3 is 19.9 Å². The van der Waals surface area contributed by atoms with Crippen molar-refractivity contribution in [1.82, 2.24) is 15.0 Å². The van der Waals surface area contributed by atoms with Crippen LogP contribution in [0.15, 0.2) is 49.1 Å². The average molecular weight is 431 g/mol. The average Bonchev–Trinajstić information content (AvgIpc) is 3.26. The predicted molar refractivity (Wildman–Crippen MR) is 115 cm³/mol. The number of hydrogen-bond donors (Lipinski definition) is 1. The van der Waals surface area contributed by atoms with Gasteiger partial charge in [0, 0.05) is 23.2 Å². The number of nitrogens with two attached hydrogens (primary N) is 1. The fraction of sp³-hybridized carbons (Fsp3) is 0.136. The maximum atomic E-state index is 12.7. The summed E-state index contributed by atoms with van der Waals surface area (Å²) < 4.78 is 16.3. The van der Waals surface area contributed by atoms with E-state index in [-0.39, 0.29) is 19.0 Å². The van der Waals surface area contributed by atoms with Crippen LogP contribution in [-0.2, 0) is 4.74 Å². The van der Waals surface area contributed by atoms with Gasteiger partial charge in [-0.15, -0.1) is 0 Å². The number of fused-ring (bicyclic) bond motifs is 3. The molecule has 0 radical (unpaired) electrons. The van der Waals surface area contributed by atoms with Gasteiger partial charge in [-0.25, -0.2) is 19.6 Å². The Morgan fingerprint density at radius 3 is 2.81 bits per heavy atom. The summed E-state index contributed by atoms with van der Waals surface area (Å²) in [5.74, 6) is 0.241. The van der Waals surface area contributed by atoms with E-state index in [1.807, 2.05) is 0 Å². The Morgan fingerprint density at radius 2 is 2.00 bits per heavy atom. The third-order valence-corrected chi connectivity index (χ3v) is 4.99. The summed E-state index contributed by atoms with van der Waals surface area (Å²) in [6.07, 6.45) is 4.48. The second-order valence-electron chi connectivity index (χ2n) is 6.91. The van der Waals surface area contributed by atoms with E-state index < -0.39 is 12.0 Å². The summed E-state index contributed by atoms with van der Waals surface area (Å²) in [7, 11) is 0. The van der Waals surface area contributed by atoms with Crippen molar-refractivity contribution in [2.24, 2.45) is 5.73 Å². The Bertz CT molecular complexity index is 1390. The van der Waals surface area contributed by atoms with Crippen LogP contribution in [0.3, 0.4) is 0 Å². The molecule has 0 atom stereocenters. The molecule has 2 aromatic carbocycles. The van der Waals surface area contributed by atoms with Crippen molar-refractivity contribution in [2.75, 3.05) is 18.3 Å². The third-order valence-electron chi connectivity index (χ3n) is 4.99. The molecule has 4 aromatic rings. The molecule has 32 heavy (non-hydrogen) atoms. The number of amides is 2. The first kappa shape index (κ1) is 19.5. The number of pyridine rings is 1. The summed E-state index contributed by atoms with van der Waals surface area (Å²) in [5.41, 5.74) is 7.99. The third kappa shape index (κ3) is 3.18. The number of benzene rings is 2. The van der Waals surface area contributed by atoms with E-state index in [0.29, 0.717) is 39.3 Å². The lowest BCUT2D eigenvalue weighted by atomic mass is 10.1. The summed E-state index contributed by atoms with van der Waals surface area (Å²) in [5, 5.41) is 1.29. The lowest BCUT2D eigenvalue weighted by Gasteiger charge is -2.23. The number of carbonyl (C=O) groups excluding carboxylic acids is 2. The second-order valence-corrected chi connectivity index (χ2v) is 6.91. The number of primary amides is 1. The van der Waals surface area contributed by atoms with Gasteiger partial charge >= 0.3 is 12.0 Å². The molecule has 1 aliphatic heterocycles. The summed E-state index contributed by atoms with van der Waals surface area (Å²) in [6, 6.07) is 7.80. The minimum absolute atomic E-state index is 0.0262. The van der Waals surface area contributed by atoms with Crippen LogP contribution in [0.5, 0.6) is 11.5 Å². The lowest BCUT2D eigenvalue weighted by molar-refractivity contribution is 0.0526. The zero-order chi connectivity index (χ0) is 22.2. The molecular formula is C22H17N5O5. The van der Waals surface area contributed by atoms with Crippen LogP contribution in [0.2, 0.25) is 0 Å². The normalized spacial score (nSPS) is 12.2. The van der Waals surface area contributed by atoms with E-state index in [9.17, 15) is 9.59 Å². The molecule has 3 heterocycles.